The average molecular weight is 296 g/mol. The van der Waals surface area contributed by atoms with Crippen LogP contribution in [-0.2, 0) is 0 Å². The Morgan fingerprint density at radius 1 is 0.364 bits per heavy atom. The van der Waals surface area contributed by atoms with Crippen LogP contribution in [0.4, 0.5) is 0 Å². The molecule has 22 heavy (non-hydrogen) atoms. The number of hydrogen-bond donors (Lipinski definition) is 0. The summed E-state index contributed by atoms with van der Waals surface area (Å²) in [5.41, 5.74) is 0. The molecule has 0 spiro atoms. The maximum atomic E-state index is 2.12. The molecule has 1 heteroatoms. The minimum Gasteiger partial charge on any atom is -1.00 e. The van der Waals surface area contributed by atoms with Crippen molar-refractivity contribution in [3.8, 4) is 0 Å². The normalized spacial score (nSPS) is 9.09. The summed E-state index contributed by atoms with van der Waals surface area (Å²) in [7, 11) is 0. The first-order chi connectivity index (χ1) is 9.93. The van der Waals surface area contributed by atoms with Gasteiger partial charge in [-0.05, 0) is 21.5 Å². The molecular weight excluding hydrogens is 275 g/mol. The first-order valence-corrected chi connectivity index (χ1v) is 6.81. The summed E-state index contributed by atoms with van der Waals surface area (Å²) in [6.45, 7) is 0. The van der Waals surface area contributed by atoms with Crippen molar-refractivity contribution >= 4 is 21.5 Å². The number of benzene rings is 4. The summed E-state index contributed by atoms with van der Waals surface area (Å²) in [6.07, 6.45) is 0. The Morgan fingerprint density at radius 3 is 0.636 bits per heavy atom. The molecule has 0 atom stereocenters. The predicted molar refractivity (Wildman–Crippen MR) is 95.7 cm³/mol. The van der Waals surface area contributed by atoms with Crippen molar-refractivity contribution in [2.45, 2.75) is 7.43 Å². The van der Waals surface area contributed by atoms with Crippen molar-refractivity contribution in [1.82, 2.24) is 0 Å². The van der Waals surface area contributed by atoms with Crippen molar-refractivity contribution in [3.05, 3.63) is 97.1 Å². The standard InChI is InChI=1S/2C10H8.CH4.Na.H/c2*1-2-6-10-8-4-3-7-9(10)5-1;;;/h2*1-8H;1H4;;/q;;;+1;-1. The summed E-state index contributed by atoms with van der Waals surface area (Å²) in [4.78, 5) is 0. The van der Waals surface area contributed by atoms with E-state index in [9.17, 15) is 0 Å². The molecule has 0 unspecified atom stereocenters. The van der Waals surface area contributed by atoms with Crippen LogP contribution in [0, 0.1) is 0 Å². The molecule has 106 valence electrons. The Hall–Kier alpha value is -1.60. The van der Waals surface area contributed by atoms with Gasteiger partial charge in [-0.15, -0.1) is 0 Å². The van der Waals surface area contributed by atoms with Crippen molar-refractivity contribution < 1.29 is 31.0 Å². The fraction of sp³-hybridized carbons (Fsp3) is 0.0476. The van der Waals surface area contributed by atoms with Gasteiger partial charge in [-0.3, -0.25) is 0 Å². The molecule has 0 radical (unpaired) electrons. The van der Waals surface area contributed by atoms with Crippen molar-refractivity contribution in [3.63, 3.8) is 0 Å². The van der Waals surface area contributed by atoms with Crippen LogP contribution in [0.2, 0.25) is 0 Å². The van der Waals surface area contributed by atoms with Crippen molar-refractivity contribution in [1.29, 1.82) is 0 Å². The van der Waals surface area contributed by atoms with Gasteiger partial charge in [0.15, 0.2) is 0 Å². The van der Waals surface area contributed by atoms with Gasteiger partial charge in [0.25, 0.3) is 0 Å². The Balaban J connectivity index is 0.000000372. The summed E-state index contributed by atoms with van der Waals surface area (Å²) >= 11 is 0. The van der Waals surface area contributed by atoms with Gasteiger partial charge in [0, 0.05) is 0 Å². The van der Waals surface area contributed by atoms with Crippen LogP contribution < -0.4 is 29.6 Å². The van der Waals surface area contributed by atoms with Gasteiger partial charge in [0.2, 0.25) is 0 Å². The van der Waals surface area contributed by atoms with Gasteiger partial charge in [0.05, 0.1) is 0 Å². The van der Waals surface area contributed by atoms with Crippen LogP contribution in [0.25, 0.3) is 21.5 Å². The Kier molecular flexibility index (Phi) is 7.90. The third kappa shape index (κ3) is 4.71. The molecule has 0 saturated carbocycles. The van der Waals surface area contributed by atoms with Gasteiger partial charge in [-0.25, -0.2) is 0 Å². The molecule has 0 aliphatic heterocycles. The third-order valence-electron chi connectivity index (χ3n) is 3.32. The van der Waals surface area contributed by atoms with E-state index in [1.165, 1.54) is 21.5 Å². The molecule has 0 aliphatic rings. The topological polar surface area (TPSA) is 0 Å². The fourth-order valence-corrected chi connectivity index (χ4v) is 2.27. The zero-order chi connectivity index (χ0) is 13.6. The van der Waals surface area contributed by atoms with E-state index in [1.54, 1.807) is 0 Å². The van der Waals surface area contributed by atoms with E-state index in [2.05, 4.69) is 97.1 Å². The SMILES string of the molecule is C.[H-].[Na+].c1ccc2ccccc2c1.c1ccc2ccccc2c1. The molecule has 0 aliphatic carbocycles. The average Bonchev–Trinajstić information content (AvgIpc) is 2.56. The molecule has 0 nitrogen and oxygen atoms in total. The number of hydrogen-bond acceptors (Lipinski definition) is 0. The first-order valence-electron chi connectivity index (χ1n) is 6.81. The van der Waals surface area contributed by atoms with Crippen LogP contribution in [-0.4, -0.2) is 0 Å². The second-order valence-electron chi connectivity index (χ2n) is 4.69. The van der Waals surface area contributed by atoms with Crippen LogP contribution >= 0.6 is 0 Å². The van der Waals surface area contributed by atoms with Gasteiger partial charge in [0.1, 0.15) is 0 Å². The van der Waals surface area contributed by atoms with Crippen molar-refractivity contribution in [2.75, 3.05) is 0 Å². The Morgan fingerprint density at radius 2 is 0.500 bits per heavy atom. The smallest absolute Gasteiger partial charge is 1.00 e. The van der Waals surface area contributed by atoms with E-state index in [0.29, 0.717) is 0 Å². The second-order valence-corrected chi connectivity index (χ2v) is 4.69. The summed E-state index contributed by atoms with van der Waals surface area (Å²) < 4.78 is 0. The van der Waals surface area contributed by atoms with Gasteiger partial charge in [-0.1, -0.05) is 104 Å². The molecule has 0 heterocycles. The molecule has 0 aromatic heterocycles. The van der Waals surface area contributed by atoms with E-state index >= 15 is 0 Å². The summed E-state index contributed by atoms with van der Waals surface area (Å²) in [5.74, 6) is 0. The predicted octanol–water partition coefficient (Wildman–Crippen LogP) is 3.43. The Bertz CT molecular complexity index is 625. The third-order valence-corrected chi connectivity index (χ3v) is 3.32. The van der Waals surface area contributed by atoms with Crippen LogP contribution in [0.5, 0.6) is 0 Å². The molecule has 0 bridgehead atoms. The van der Waals surface area contributed by atoms with Gasteiger partial charge < -0.3 is 1.43 Å². The molecule has 4 aromatic rings. The zero-order valence-corrected chi connectivity index (χ0v) is 14.2. The molecule has 4 rings (SSSR count). The minimum atomic E-state index is 0. The van der Waals surface area contributed by atoms with Gasteiger partial charge in [-0.2, -0.15) is 0 Å². The van der Waals surface area contributed by atoms with E-state index in [1.807, 2.05) is 0 Å². The molecule has 0 fully saturated rings. The monoisotopic (exact) mass is 296 g/mol. The summed E-state index contributed by atoms with van der Waals surface area (Å²) in [5, 5.41) is 5.24. The van der Waals surface area contributed by atoms with E-state index in [4.69, 9.17) is 0 Å². The second kappa shape index (κ2) is 9.42. The number of fused-ring (bicyclic) bond motifs is 2. The van der Waals surface area contributed by atoms with Crippen LogP contribution in [0.15, 0.2) is 97.1 Å². The minimum absolute atomic E-state index is 0. The molecule has 0 saturated heterocycles. The molecule has 0 N–H and O–H groups in total. The zero-order valence-electron chi connectivity index (χ0n) is 13.2. The number of rotatable bonds is 0. The van der Waals surface area contributed by atoms with E-state index in [0.717, 1.165) is 0 Å². The molecule has 0 amide bonds. The molecular formula is C21H21Na. The fourth-order valence-electron chi connectivity index (χ4n) is 2.27. The maximum absolute atomic E-state index is 2.12. The quantitative estimate of drug-likeness (QED) is 0.436. The van der Waals surface area contributed by atoms with Crippen molar-refractivity contribution in [2.24, 2.45) is 0 Å². The van der Waals surface area contributed by atoms with Crippen LogP contribution in [0.3, 0.4) is 0 Å². The Labute approximate surface area is 156 Å². The summed E-state index contributed by atoms with van der Waals surface area (Å²) in [6, 6.07) is 33.4. The van der Waals surface area contributed by atoms with Gasteiger partial charge >= 0.3 is 29.6 Å². The van der Waals surface area contributed by atoms with E-state index in [-0.39, 0.29) is 38.4 Å². The first kappa shape index (κ1) is 18.4. The van der Waals surface area contributed by atoms with E-state index < -0.39 is 0 Å². The molecule has 4 aromatic carbocycles. The van der Waals surface area contributed by atoms with Crippen LogP contribution in [0.1, 0.15) is 8.85 Å². The maximum Gasteiger partial charge on any atom is 1.00 e. The largest absolute Gasteiger partial charge is 1.00 e.